The molecule has 0 N–H and O–H groups in total. The van der Waals surface area contributed by atoms with E-state index in [9.17, 15) is 4.39 Å². The van der Waals surface area contributed by atoms with E-state index >= 15 is 0 Å². The quantitative estimate of drug-likeness (QED) is 0.722. The highest BCUT2D eigenvalue weighted by molar-refractivity contribution is 6.17. The van der Waals surface area contributed by atoms with Gasteiger partial charge in [-0.15, -0.1) is 11.6 Å². The molecule has 0 aromatic heterocycles. The second-order valence-electron chi connectivity index (χ2n) is 3.95. The third kappa shape index (κ3) is 2.49. The Bertz CT molecular complexity index is 513. The first-order valence-electron chi connectivity index (χ1n) is 5.94. The molecule has 2 aromatic carbocycles. The van der Waals surface area contributed by atoms with Gasteiger partial charge in [0.15, 0.2) is 0 Å². The Balaban J connectivity index is 2.49. The number of nitrogens with zero attached hydrogens (tertiary/aromatic N) is 1. The zero-order chi connectivity index (χ0) is 13.0. The van der Waals surface area contributed by atoms with Gasteiger partial charge in [0.05, 0.1) is 5.88 Å². The van der Waals surface area contributed by atoms with Gasteiger partial charge in [0.1, 0.15) is 5.82 Å². The van der Waals surface area contributed by atoms with Crippen LogP contribution in [0.5, 0.6) is 0 Å². The van der Waals surface area contributed by atoms with Gasteiger partial charge in [-0.25, -0.2) is 4.39 Å². The molecule has 0 aliphatic rings. The largest absolute Gasteiger partial charge is 0.341 e. The van der Waals surface area contributed by atoms with E-state index in [1.54, 1.807) is 6.07 Å². The number of benzene rings is 2. The summed E-state index contributed by atoms with van der Waals surface area (Å²) in [5, 5.41) is 0. The van der Waals surface area contributed by atoms with Crippen LogP contribution in [0.15, 0.2) is 48.5 Å². The molecule has 1 nitrogen and oxygen atoms in total. The normalized spacial score (nSPS) is 10.4. The Labute approximate surface area is 112 Å². The van der Waals surface area contributed by atoms with E-state index in [1.165, 1.54) is 6.07 Å². The monoisotopic (exact) mass is 263 g/mol. The number of alkyl halides is 1. The first kappa shape index (κ1) is 12.9. The molecule has 0 unspecified atom stereocenters. The predicted molar refractivity (Wildman–Crippen MR) is 75.1 cm³/mol. The fourth-order valence-electron chi connectivity index (χ4n) is 2.03. The van der Waals surface area contributed by atoms with Crippen molar-refractivity contribution in [2.24, 2.45) is 0 Å². The summed E-state index contributed by atoms with van der Waals surface area (Å²) in [6.07, 6.45) is 0. The van der Waals surface area contributed by atoms with Crippen molar-refractivity contribution in [2.75, 3.05) is 11.4 Å². The van der Waals surface area contributed by atoms with Crippen molar-refractivity contribution in [3.63, 3.8) is 0 Å². The van der Waals surface area contributed by atoms with Crippen molar-refractivity contribution < 1.29 is 4.39 Å². The molecule has 0 saturated carbocycles. The van der Waals surface area contributed by atoms with Gasteiger partial charge in [0.2, 0.25) is 0 Å². The third-order valence-corrected chi connectivity index (χ3v) is 3.17. The molecule has 18 heavy (non-hydrogen) atoms. The zero-order valence-corrected chi connectivity index (χ0v) is 11.0. The molecule has 0 radical (unpaired) electrons. The van der Waals surface area contributed by atoms with E-state index in [4.69, 9.17) is 11.6 Å². The topological polar surface area (TPSA) is 3.24 Å². The molecule has 2 rings (SSSR count). The van der Waals surface area contributed by atoms with Gasteiger partial charge in [0, 0.05) is 23.5 Å². The fourth-order valence-corrected chi connectivity index (χ4v) is 2.30. The van der Waals surface area contributed by atoms with Gasteiger partial charge >= 0.3 is 0 Å². The summed E-state index contributed by atoms with van der Waals surface area (Å²) in [6, 6.07) is 15.0. The summed E-state index contributed by atoms with van der Waals surface area (Å²) < 4.78 is 13.8. The van der Waals surface area contributed by atoms with E-state index in [-0.39, 0.29) is 11.7 Å². The van der Waals surface area contributed by atoms with Crippen molar-refractivity contribution in [3.8, 4) is 0 Å². The highest BCUT2D eigenvalue weighted by Crippen LogP contribution is 2.30. The molecule has 0 spiro atoms. The number of halogens is 2. The van der Waals surface area contributed by atoms with E-state index < -0.39 is 0 Å². The summed E-state index contributed by atoms with van der Waals surface area (Å²) in [5.41, 5.74) is 2.42. The van der Waals surface area contributed by atoms with Gasteiger partial charge in [-0.05, 0) is 31.2 Å². The molecule has 94 valence electrons. The SMILES string of the molecule is CCN(c1ccccc1)c1cccc(F)c1CCl. The molecular weight excluding hydrogens is 249 g/mol. The second-order valence-corrected chi connectivity index (χ2v) is 4.22. The molecule has 0 aliphatic heterocycles. The van der Waals surface area contributed by atoms with Gasteiger partial charge in [0.25, 0.3) is 0 Å². The van der Waals surface area contributed by atoms with Crippen LogP contribution in [0.3, 0.4) is 0 Å². The van der Waals surface area contributed by atoms with E-state index in [2.05, 4.69) is 4.90 Å². The minimum Gasteiger partial charge on any atom is -0.341 e. The van der Waals surface area contributed by atoms with Crippen LogP contribution in [0.2, 0.25) is 0 Å². The number of hydrogen-bond donors (Lipinski definition) is 0. The Morgan fingerprint density at radius 3 is 2.39 bits per heavy atom. The standard InChI is InChI=1S/C15H15ClFN/c1-2-18(12-7-4-3-5-8-12)15-10-6-9-14(17)13(15)11-16/h3-10H,2,11H2,1H3. The summed E-state index contributed by atoms with van der Waals surface area (Å²) >= 11 is 5.86. The van der Waals surface area contributed by atoms with Crippen LogP contribution >= 0.6 is 11.6 Å². The minimum atomic E-state index is -0.253. The van der Waals surface area contributed by atoms with Crippen LogP contribution in [0.4, 0.5) is 15.8 Å². The number of hydrogen-bond acceptors (Lipinski definition) is 1. The van der Waals surface area contributed by atoms with Crippen LogP contribution in [-0.2, 0) is 5.88 Å². The molecule has 0 amide bonds. The lowest BCUT2D eigenvalue weighted by molar-refractivity contribution is 0.616. The molecule has 2 aromatic rings. The lowest BCUT2D eigenvalue weighted by Crippen LogP contribution is -2.17. The van der Waals surface area contributed by atoms with Crippen molar-refractivity contribution in [1.82, 2.24) is 0 Å². The van der Waals surface area contributed by atoms with E-state index in [0.717, 1.165) is 17.9 Å². The zero-order valence-electron chi connectivity index (χ0n) is 10.2. The fraction of sp³-hybridized carbons (Fsp3) is 0.200. The molecular formula is C15H15ClFN. The van der Waals surface area contributed by atoms with Crippen LogP contribution in [-0.4, -0.2) is 6.54 Å². The third-order valence-electron chi connectivity index (χ3n) is 2.90. The second kappa shape index (κ2) is 5.87. The first-order valence-corrected chi connectivity index (χ1v) is 6.47. The summed E-state index contributed by atoms with van der Waals surface area (Å²) in [6.45, 7) is 2.80. The highest BCUT2D eigenvalue weighted by atomic mass is 35.5. The first-order chi connectivity index (χ1) is 8.77. The van der Waals surface area contributed by atoms with E-state index in [0.29, 0.717) is 5.56 Å². The average Bonchev–Trinajstić information content (AvgIpc) is 2.41. The maximum absolute atomic E-state index is 13.8. The van der Waals surface area contributed by atoms with Crippen molar-refractivity contribution in [2.45, 2.75) is 12.8 Å². The van der Waals surface area contributed by atoms with Gasteiger partial charge < -0.3 is 4.90 Å². The molecule has 0 saturated heterocycles. The van der Waals surface area contributed by atoms with Crippen LogP contribution in [0, 0.1) is 5.82 Å². The molecule has 0 heterocycles. The Morgan fingerprint density at radius 1 is 1.06 bits per heavy atom. The molecule has 0 bridgehead atoms. The van der Waals surface area contributed by atoms with Crippen molar-refractivity contribution in [3.05, 3.63) is 59.9 Å². The van der Waals surface area contributed by atoms with Crippen LogP contribution in [0.25, 0.3) is 0 Å². The van der Waals surface area contributed by atoms with Gasteiger partial charge in [-0.2, -0.15) is 0 Å². The smallest absolute Gasteiger partial charge is 0.129 e. The molecule has 3 heteroatoms. The average molecular weight is 264 g/mol. The molecule has 0 aliphatic carbocycles. The van der Waals surface area contributed by atoms with Crippen molar-refractivity contribution >= 4 is 23.0 Å². The lowest BCUT2D eigenvalue weighted by atomic mass is 10.1. The lowest BCUT2D eigenvalue weighted by Gasteiger charge is -2.25. The summed E-state index contributed by atoms with van der Waals surface area (Å²) in [7, 11) is 0. The maximum Gasteiger partial charge on any atom is 0.129 e. The number of anilines is 2. The highest BCUT2D eigenvalue weighted by Gasteiger charge is 2.14. The van der Waals surface area contributed by atoms with E-state index in [1.807, 2.05) is 43.3 Å². The Kier molecular flexibility index (Phi) is 4.21. The molecule has 0 fully saturated rings. The van der Waals surface area contributed by atoms with Crippen LogP contribution in [0.1, 0.15) is 12.5 Å². The van der Waals surface area contributed by atoms with Gasteiger partial charge in [-0.1, -0.05) is 24.3 Å². The predicted octanol–water partition coefficient (Wildman–Crippen LogP) is 4.72. The molecule has 0 atom stereocenters. The summed E-state index contributed by atoms with van der Waals surface area (Å²) in [4.78, 5) is 2.06. The minimum absolute atomic E-state index is 0.172. The number of para-hydroxylation sites is 1. The maximum atomic E-state index is 13.8. The number of rotatable bonds is 4. The van der Waals surface area contributed by atoms with Gasteiger partial charge in [-0.3, -0.25) is 0 Å². The Morgan fingerprint density at radius 2 is 1.78 bits per heavy atom. The van der Waals surface area contributed by atoms with Crippen LogP contribution < -0.4 is 4.90 Å². The van der Waals surface area contributed by atoms with Crippen molar-refractivity contribution in [1.29, 1.82) is 0 Å². The summed E-state index contributed by atoms with van der Waals surface area (Å²) in [5.74, 6) is -0.0809. The Hall–Kier alpha value is -1.54.